The fraction of sp³-hybridized carbons (Fsp3) is 0.538. The van der Waals surface area contributed by atoms with E-state index in [9.17, 15) is 4.79 Å². The normalized spacial score (nSPS) is 26.9. The van der Waals surface area contributed by atoms with Gasteiger partial charge in [-0.25, -0.2) is 0 Å². The summed E-state index contributed by atoms with van der Waals surface area (Å²) in [7, 11) is 0. The van der Waals surface area contributed by atoms with Gasteiger partial charge in [0.05, 0.1) is 6.07 Å². The van der Waals surface area contributed by atoms with E-state index in [1.54, 1.807) is 0 Å². The highest BCUT2D eigenvalue weighted by molar-refractivity contribution is 5.86. The SMILES string of the molecule is CC1CC(C#N)(C(=O)NCCn2cccc2)C1. The van der Waals surface area contributed by atoms with E-state index in [1.165, 1.54) is 0 Å². The van der Waals surface area contributed by atoms with Crippen molar-refractivity contribution < 1.29 is 4.79 Å². The highest BCUT2D eigenvalue weighted by Crippen LogP contribution is 2.44. The van der Waals surface area contributed by atoms with E-state index in [0.717, 1.165) is 6.54 Å². The molecule has 1 N–H and O–H groups in total. The van der Waals surface area contributed by atoms with Crippen molar-refractivity contribution in [2.45, 2.75) is 26.3 Å². The smallest absolute Gasteiger partial charge is 0.240 e. The lowest BCUT2D eigenvalue weighted by atomic mass is 9.63. The highest BCUT2D eigenvalue weighted by atomic mass is 16.2. The molecule has 4 nitrogen and oxygen atoms in total. The van der Waals surface area contributed by atoms with Crippen LogP contribution in [-0.2, 0) is 11.3 Å². The first-order valence-electron chi connectivity index (χ1n) is 5.96. The van der Waals surface area contributed by atoms with Crippen LogP contribution >= 0.6 is 0 Å². The van der Waals surface area contributed by atoms with Crippen LogP contribution in [-0.4, -0.2) is 17.0 Å². The first-order valence-corrected chi connectivity index (χ1v) is 5.96. The molecule has 0 unspecified atom stereocenters. The van der Waals surface area contributed by atoms with Gasteiger partial charge in [0.2, 0.25) is 5.91 Å². The zero-order valence-electron chi connectivity index (χ0n) is 10.0. The van der Waals surface area contributed by atoms with E-state index < -0.39 is 5.41 Å². The zero-order chi connectivity index (χ0) is 12.3. The summed E-state index contributed by atoms with van der Waals surface area (Å²) in [4.78, 5) is 11.9. The Kier molecular flexibility index (Phi) is 3.19. The molecule has 0 radical (unpaired) electrons. The minimum absolute atomic E-state index is 0.106. The lowest BCUT2D eigenvalue weighted by Gasteiger charge is -2.39. The largest absolute Gasteiger partial charge is 0.353 e. The zero-order valence-corrected chi connectivity index (χ0v) is 10.0. The summed E-state index contributed by atoms with van der Waals surface area (Å²) in [5, 5.41) is 11.9. The molecule has 1 aromatic heterocycles. The van der Waals surface area contributed by atoms with Crippen LogP contribution in [0.15, 0.2) is 24.5 Å². The van der Waals surface area contributed by atoms with Crippen molar-refractivity contribution in [1.82, 2.24) is 9.88 Å². The van der Waals surface area contributed by atoms with Gasteiger partial charge in [0.15, 0.2) is 0 Å². The number of hydrogen-bond donors (Lipinski definition) is 1. The molecule has 1 amide bonds. The van der Waals surface area contributed by atoms with Crippen molar-refractivity contribution in [2.24, 2.45) is 11.3 Å². The maximum atomic E-state index is 11.9. The molecule has 0 aromatic carbocycles. The van der Waals surface area contributed by atoms with Gasteiger partial charge in [0.1, 0.15) is 5.41 Å². The summed E-state index contributed by atoms with van der Waals surface area (Å²) in [6.45, 7) is 3.39. The van der Waals surface area contributed by atoms with Crippen LogP contribution in [0.5, 0.6) is 0 Å². The highest BCUT2D eigenvalue weighted by Gasteiger charge is 2.48. The van der Waals surface area contributed by atoms with Crippen molar-refractivity contribution in [2.75, 3.05) is 6.54 Å². The standard InChI is InChI=1S/C13H17N3O/c1-11-8-13(9-11,10-14)12(17)15-4-7-16-5-2-3-6-16/h2-3,5-6,11H,4,7-9H2,1H3,(H,15,17). The molecule has 1 aliphatic rings. The van der Waals surface area contributed by atoms with E-state index in [-0.39, 0.29) is 5.91 Å². The molecule has 1 aliphatic carbocycles. The van der Waals surface area contributed by atoms with Crippen LogP contribution < -0.4 is 5.32 Å². The molecule has 0 spiro atoms. The number of nitriles is 1. The third kappa shape index (κ3) is 2.33. The summed E-state index contributed by atoms with van der Waals surface area (Å²) in [5.41, 5.74) is -0.754. The van der Waals surface area contributed by atoms with Crippen LogP contribution in [0.25, 0.3) is 0 Å². The summed E-state index contributed by atoms with van der Waals surface area (Å²) >= 11 is 0. The summed E-state index contributed by atoms with van der Waals surface area (Å²) in [6.07, 6.45) is 5.30. The Labute approximate surface area is 101 Å². The van der Waals surface area contributed by atoms with Crippen molar-refractivity contribution in [3.63, 3.8) is 0 Å². The molecule has 0 atom stereocenters. The average molecular weight is 231 g/mol. The fourth-order valence-electron chi connectivity index (χ4n) is 2.44. The maximum Gasteiger partial charge on any atom is 0.240 e. The molecule has 4 heteroatoms. The number of carbonyl (C=O) groups is 1. The van der Waals surface area contributed by atoms with Crippen LogP contribution in [0, 0.1) is 22.7 Å². The Morgan fingerprint density at radius 3 is 2.71 bits per heavy atom. The van der Waals surface area contributed by atoms with E-state index >= 15 is 0 Å². The quantitative estimate of drug-likeness (QED) is 0.854. The fourth-order valence-corrected chi connectivity index (χ4v) is 2.44. The molecular weight excluding hydrogens is 214 g/mol. The Bertz CT molecular complexity index is 424. The lowest BCUT2D eigenvalue weighted by molar-refractivity contribution is -0.133. The number of nitrogens with zero attached hydrogens (tertiary/aromatic N) is 2. The Morgan fingerprint density at radius 1 is 1.53 bits per heavy atom. The van der Waals surface area contributed by atoms with Gasteiger partial charge in [-0.3, -0.25) is 4.79 Å². The van der Waals surface area contributed by atoms with E-state index in [2.05, 4.69) is 18.3 Å². The van der Waals surface area contributed by atoms with Crippen LogP contribution in [0.4, 0.5) is 0 Å². The van der Waals surface area contributed by atoms with E-state index in [4.69, 9.17) is 5.26 Å². The summed E-state index contributed by atoms with van der Waals surface area (Å²) < 4.78 is 2.00. The topological polar surface area (TPSA) is 57.8 Å². The Morgan fingerprint density at radius 2 is 2.18 bits per heavy atom. The second-order valence-electron chi connectivity index (χ2n) is 4.88. The molecule has 1 saturated carbocycles. The van der Waals surface area contributed by atoms with E-state index in [0.29, 0.717) is 25.3 Å². The number of amides is 1. The number of carbonyl (C=O) groups excluding carboxylic acids is 1. The van der Waals surface area contributed by atoms with Gasteiger partial charge in [-0.1, -0.05) is 6.92 Å². The first kappa shape index (κ1) is 11.7. The third-order valence-electron chi connectivity index (χ3n) is 3.36. The van der Waals surface area contributed by atoms with Crippen molar-refractivity contribution in [3.05, 3.63) is 24.5 Å². The van der Waals surface area contributed by atoms with Gasteiger partial charge in [0.25, 0.3) is 0 Å². The second kappa shape index (κ2) is 4.62. The number of nitrogens with one attached hydrogen (secondary N) is 1. The van der Waals surface area contributed by atoms with Gasteiger partial charge in [-0.2, -0.15) is 5.26 Å². The Hall–Kier alpha value is -1.76. The monoisotopic (exact) mass is 231 g/mol. The van der Waals surface area contributed by atoms with Crippen LogP contribution in [0.2, 0.25) is 0 Å². The molecule has 90 valence electrons. The number of hydrogen-bond acceptors (Lipinski definition) is 2. The van der Waals surface area contributed by atoms with Crippen molar-refractivity contribution in [1.29, 1.82) is 5.26 Å². The number of aromatic nitrogens is 1. The average Bonchev–Trinajstić information content (AvgIpc) is 2.77. The minimum atomic E-state index is -0.754. The molecule has 17 heavy (non-hydrogen) atoms. The third-order valence-corrected chi connectivity index (χ3v) is 3.36. The molecule has 2 rings (SSSR count). The van der Waals surface area contributed by atoms with Crippen molar-refractivity contribution >= 4 is 5.91 Å². The van der Waals surface area contributed by atoms with Gasteiger partial charge < -0.3 is 9.88 Å². The summed E-state index contributed by atoms with van der Waals surface area (Å²) in [6, 6.07) is 6.07. The number of rotatable bonds is 4. The molecule has 0 aliphatic heterocycles. The minimum Gasteiger partial charge on any atom is -0.353 e. The van der Waals surface area contributed by atoms with Gasteiger partial charge >= 0.3 is 0 Å². The van der Waals surface area contributed by atoms with Crippen LogP contribution in [0.3, 0.4) is 0 Å². The predicted octanol–water partition coefficient (Wildman–Crippen LogP) is 1.54. The molecular formula is C13H17N3O. The second-order valence-corrected chi connectivity index (χ2v) is 4.88. The van der Waals surface area contributed by atoms with Gasteiger partial charge in [-0.15, -0.1) is 0 Å². The van der Waals surface area contributed by atoms with Gasteiger partial charge in [-0.05, 0) is 30.9 Å². The first-order chi connectivity index (χ1) is 8.16. The maximum absolute atomic E-state index is 11.9. The molecule has 1 heterocycles. The molecule has 0 bridgehead atoms. The summed E-state index contributed by atoms with van der Waals surface area (Å²) in [5.74, 6) is 0.384. The van der Waals surface area contributed by atoms with Crippen LogP contribution in [0.1, 0.15) is 19.8 Å². The van der Waals surface area contributed by atoms with Crippen molar-refractivity contribution in [3.8, 4) is 6.07 Å². The lowest BCUT2D eigenvalue weighted by Crippen LogP contribution is -2.48. The molecule has 0 saturated heterocycles. The predicted molar refractivity (Wildman–Crippen MR) is 63.9 cm³/mol. The molecule has 1 aromatic rings. The molecule has 1 fully saturated rings. The van der Waals surface area contributed by atoms with Gasteiger partial charge in [0, 0.05) is 25.5 Å². The van der Waals surface area contributed by atoms with E-state index in [1.807, 2.05) is 29.1 Å². The Balaban J connectivity index is 1.80.